The normalized spacial score (nSPS) is 16.7. The molecule has 0 spiro atoms. The number of guanidine groups is 1. The molecule has 1 fully saturated rings. The van der Waals surface area contributed by atoms with Crippen molar-refractivity contribution in [1.82, 2.24) is 20.0 Å². The Morgan fingerprint density at radius 2 is 2.23 bits per heavy atom. The van der Waals surface area contributed by atoms with Crippen LogP contribution in [0.5, 0.6) is 0 Å². The minimum Gasteiger partial charge on any atom is -0.469 e. The lowest BCUT2D eigenvalue weighted by Crippen LogP contribution is -2.46. The van der Waals surface area contributed by atoms with E-state index in [0.717, 1.165) is 44.1 Å². The second-order valence-corrected chi connectivity index (χ2v) is 5.40. The lowest BCUT2D eigenvalue weighted by atomic mass is 9.97. The van der Waals surface area contributed by atoms with Crippen molar-refractivity contribution < 1.29 is 9.53 Å². The number of piperidine rings is 1. The number of aromatic nitrogens is 2. The van der Waals surface area contributed by atoms with Gasteiger partial charge in [-0.1, -0.05) is 0 Å². The monoisotopic (exact) mass is 307 g/mol. The first-order valence-corrected chi connectivity index (χ1v) is 7.73. The van der Waals surface area contributed by atoms with Crippen LogP contribution in [-0.4, -0.2) is 53.4 Å². The van der Waals surface area contributed by atoms with Gasteiger partial charge in [-0.05, 0) is 25.8 Å². The van der Waals surface area contributed by atoms with Crippen molar-refractivity contribution in [3.8, 4) is 0 Å². The van der Waals surface area contributed by atoms with E-state index in [1.807, 2.05) is 17.8 Å². The molecule has 2 heterocycles. The first-order chi connectivity index (χ1) is 10.7. The lowest BCUT2D eigenvalue weighted by Gasteiger charge is -2.33. The van der Waals surface area contributed by atoms with E-state index in [1.54, 1.807) is 6.20 Å². The Bertz CT molecular complexity index is 518. The fourth-order valence-corrected chi connectivity index (χ4v) is 2.63. The summed E-state index contributed by atoms with van der Waals surface area (Å²) in [5.74, 6) is 0.810. The van der Waals surface area contributed by atoms with Crippen molar-refractivity contribution >= 4 is 11.9 Å². The summed E-state index contributed by atoms with van der Waals surface area (Å²) >= 11 is 0. The summed E-state index contributed by atoms with van der Waals surface area (Å²) in [6, 6.07) is 1.97. The zero-order valence-corrected chi connectivity index (χ0v) is 13.6. The van der Waals surface area contributed by atoms with Gasteiger partial charge in [0.05, 0.1) is 25.3 Å². The minimum atomic E-state index is -0.100. The maximum absolute atomic E-state index is 11.6. The molecule has 0 aliphatic carbocycles. The van der Waals surface area contributed by atoms with Crippen LogP contribution in [0.4, 0.5) is 0 Å². The van der Waals surface area contributed by atoms with E-state index in [-0.39, 0.29) is 11.9 Å². The van der Waals surface area contributed by atoms with Crippen molar-refractivity contribution in [3.05, 3.63) is 18.0 Å². The molecule has 1 saturated heterocycles. The average molecular weight is 307 g/mol. The Morgan fingerprint density at radius 3 is 2.77 bits per heavy atom. The number of methoxy groups -OCH3 is 1. The summed E-state index contributed by atoms with van der Waals surface area (Å²) in [5, 5.41) is 7.48. The fraction of sp³-hybridized carbons (Fsp3) is 0.667. The Labute approximate surface area is 131 Å². The van der Waals surface area contributed by atoms with Gasteiger partial charge in [-0.3, -0.25) is 9.48 Å². The summed E-state index contributed by atoms with van der Waals surface area (Å²) < 4.78 is 6.66. The highest BCUT2D eigenvalue weighted by atomic mass is 16.5. The summed E-state index contributed by atoms with van der Waals surface area (Å²) in [6.07, 6.45) is 3.39. The number of carbonyl (C=O) groups is 1. The Balaban J connectivity index is 1.97. The van der Waals surface area contributed by atoms with E-state index < -0.39 is 0 Å². The van der Waals surface area contributed by atoms with Gasteiger partial charge in [0.2, 0.25) is 0 Å². The number of hydrogen-bond donors (Lipinski definition) is 1. The van der Waals surface area contributed by atoms with Crippen LogP contribution >= 0.6 is 0 Å². The smallest absolute Gasteiger partial charge is 0.308 e. The van der Waals surface area contributed by atoms with Crippen molar-refractivity contribution in [2.24, 2.45) is 18.0 Å². The van der Waals surface area contributed by atoms with Gasteiger partial charge in [-0.2, -0.15) is 5.10 Å². The van der Waals surface area contributed by atoms with Crippen molar-refractivity contribution in [1.29, 1.82) is 0 Å². The molecule has 122 valence electrons. The highest BCUT2D eigenvalue weighted by Crippen LogP contribution is 2.18. The Hall–Kier alpha value is -2.05. The predicted octanol–water partition coefficient (Wildman–Crippen LogP) is 0.771. The molecule has 1 N–H and O–H groups in total. The molecule has 0 aromatic carbocycles. The number of esters is 1. The molecule has 1 aromatic heterocycles. The second kappa shape index (κ2) is 7.82. The summed E-state index contributed by atoms with van der Waals surface area (Å²) in [4.78, 5) is 18.5. The van der Waals surface area contributed by atoms with E-state index in [0.29, 0.717) is 6.54 Å². The van der Waals surface area contributed by atoms with Gasteiger partial charge in [0.1, 0.15) is 0 Å². The van der Waals surface area contributed by atoms with Crippen LogP contribution in [0.15, 0.2) is 17.3 Å². The number of hydrogen-bond acceptors (Lipinski definition) is 4. The molecule has 0 unspecified atom stereocenters. The number of carbonyl (C=O) groups excluding carboxylic acids is 1. The van der Waals surface area contributed by atoms with E-state index >= 15 is 0 Å². The number of likely N-dealkylation sites (tertiary alicyclic amines) is 1. The molecule has 0 atom stereocenters. The van der Waals surface area contributed by atoms with Crippen molar-refractivity contribution in [2.75, 3.05) is 26.7 Å². The van der Waals surface area contributed by atoms with Crippen molar-refractivity contribution in [2.45, 2.75) is 26.3 Å². The summed E-state index contributed by atoms with van der Waals surface area (Å²) in [6.45, 7) is 5.10. The molecular formula is C15H25N5O2. The standard InChI is InChI=1S/C15H25N5O2/c1-4-16-15(17-11-13-5-8-18-19(13)2)20-9-6-12(7-10-20)14(21)22-3/h5,8,12H,4,6-7,9-11H2,1-3H3,(H,16,17). The quantitative estimate of drug-likeness (QED) is 0.505. The Morgan fingerprint density at radius 1 is 1.50 bits per heavy atom. The molecular weight excluding hydrogens is 282 g/mol. The number of ether oxygens (including phenoxy) is 1. The van der Waals surface area contributed by atoms with Gasteiger partial charge < -0.3 is 15.0 Å². The number of nitrogens with zero attached hydrogens (tertiary/aromatic N) is 4. The van der Waals surface area contributed by atoms with Crippen LogP contribution in [0.2, 0.25) is 0 Å². The fourth-order valence-electron chi connectivity index (χ4n) is 2.63. The zero-order chi connectivity index (χ0) is 15.9. The third-order valence-electron chi connectivity index (χ3n) is 3.98. The van der Waals surface area contributed by atoms with Gasteiger partial charge in [0.15, 0.2) is 5.96 Å². The van der Waals surface area contributed by atoms with Crippen molar-refractivity contribution in [3.63, 3.8) is 0 Å². The highest BCUT2D eigenvalue weighted by Gasteiger charge is 2.26. The Kier molecular flexibility index (Phi) is 5.80. The molecule has 1 aliphatic rings. The van der Waals surface area contributed by atoms with Crippen LogP contribution in [-0.2, 0) is 23.1 Å². The first kappa shape index (κ1) is 16.3. The molecule has 1 aromatic rings. The second-order valence-electron chi connectivity index (χ2n) is 5.40. The van der Waals surface area contributed by atoms with Gasteiger partial charge in [0.25, 0.3) is 0 Å². The maximum Gasteiger partial charge on any atom is 0.308 e. The third kappa shape index (κ3) is 3.99. The lowest BCUT2D eigenvalue weighted by molar-refractivity contribution is -0.146. The van der Waals surface area contributed by atoms with Gasteiger partial charge in [0, 0.05) is 32.9 Å². The van der Waals surface area contributed by atoms with Gasteiger partial charge >= 0.3 is 5.97 Å². The van der Waals surface area contributed by atoms with Crippen LogP contribution in [0.25, 0.3) is 0 Å². The van der Waals surface area contributed by atoms with Crippen LogP contribution < -0.4 is 5.32 Å². The minimum absolute atomic E-state index is 0.0150. The molecule has 0 radical (unpaired) electrons. The average Bonchev–Trinajstić information content (AvgIpc) is 2.96. The molecule has 0 amide bonds. The molecule has 7 nitrogen and oxygen atoms in total. The number of nitrogens with one attached hydrogen (secondary N) is 1. The molecule has 1 aliphatic heterocycles. The number of aryl methyl sites for hydroxylation is 1. The van der Waals surface area contributed by atoms with Crippen LogP contribution in [0, 0.1) is 5.92 Å². The largest absolute Gasteiger partial charge is 0.469 e. The molecule has 22 heavy (non-hydrogen) atoms. The van der Waals surface area contributed by atoms with E-state index in [1.165, 1.54) is 7.11 Å². The predicted molar refractivity (Wildman–Crippen MR) is 84.3 cm³/mol. The highest BCUT2D eigenvalue weighted by molar-refractivity contribution is 5.80. The zero-order valence-electron chi connectivity index (χ0n) is 13.6. The maximum atomic E-state index is 11.6. The van der Waals surface area contributed by atoms with E-state index in [2.05, 4.69) is 27.2 Å². The molecule has 2 rings (SSSR count). The first-order valence-electron chi connectivity index (χ1n) is 7.73. The van der Waals surface area contributed by atoms with E-state index in [4.69, 9.17) is 4.74 Å². The SMILES string of the molecule is CCNC(=NCc1ccnn1C)N1CCC(C(=O)OC)CC1. The van der Waals surface area contributed by atoms with Crippen LogP contribution in [0.1, 0.15) is 25.5 Å². The third-order valence-corrected chi connectivity index (χ3v) is 3.98. The number of rotatable bonds is 4. The van der Waals surface area contributed by atoms with Crippen LogP contribution in [0.3, 0.4) is 0 Å². The topological polar surface area (TPSA) is 71.8 Å². The summed E-state index contributed by atoms with van der Waals surface area (Å²) in [7, 11) is 3.37. The van der Waals surface area contributed by atoms with E-state index in [9.17, 15) is 4.79 Å². The molecule has 7 heteroatoms. The molecule has 0 bridgehead atoms. The molecule has 0 saturated carbocycles. The van der Waals surface area contributed by atoms with Gasteiger partial charge in [-0.15, -0.1) is 0 Å². The summed E-state index contributed by atoms with van der Waals surface area (Å²) in [5.41, 5.74) is 1.07. The number of aliphatic imine (C=N–C) groups is 1. The van der Waals surface area contributed by atoms with Gasteiger partial charge in [-0.25, -0.2) is 4.99 Å².